The molecule has 1 aromatic carbocycles. The van der Waals surface area contributed by atoms with E-state index in [1.165, 1.54) is 15.8 Å². The summed E-state index contributed by atoms with van der Waals surface area (Å²) in [6, 6.07) is 7.75. The van der Waals surface area contributed by atoms with Crippen molar-refractivity contribution < 1.29 is 48.0 Å². The Morgan fingerprint density at radius 2 is 1.69 bits per heavy atom. The molecule has 2 saturated heterocycles. The zero-order valence-corrected chi connectivity index (χ0v) is 42.4. The van der Waals surface area contributed by atoms with E-state index in [9.17, 15) is 24.3 Å². The molecule has 2 aromatic rings. The van der Waals surface area contributed by atoms with Crippen LogP contribution < -0.4 is 5.32 Å². The molecular formula is C55H81N3O10. The number of aliphatic hydroxyl groups is 1. The number of hydrogen-bond donors (Lipinski definition) is 2. The first-order valence-electron chi connectivity index (χ1n) is 25.4. The molecule has 4 aliphatic rings. The van der Waals surface area contributed by atoms with Gasteiger partial charge in [0.1, 0.15) is 24.0 Å². The van der Waals surface area contributed by atoms with Gasteiger partial charge in [0, 0.05) is 75.5 Å². The summed E-state index contributed by atoms with van der Waals surface area (Å²) in [5.41, 5.74) is 4.20. The molecular weight excluding hydrogens is 863 g/mol. The lowest BCUT2D eigenvalue weighted by Gasteiger charge is -2.47. The molecule has 1 aliphatic carbocycles. The first-order chi connectivity index (χ1) is 32.5. The maximum Gasteiger partial charge on any atom is 0.329 e. The van der Waals surface area contributed by atoms with Crippen LogP contribution in [0.2, 0.25) is 0 Å². The smallest absolute Gasteiger partial charge is 0.329 e. The lowest BCUT2D eigenvalue weighted by molar-refractivity contribution is -0.302. The van der Waals surface area contributed by atoms with Crippen molar-refractivity contribution in [1.29, 1.82) is 0 Å². The third-order valence-electron chi connectivity index (χ3n) is 15.4. The van der Waals surface area contributed by atoms with Crippen molar-refractivity contribution in [1.82, 2.24) is 9.47 Å². The minimum Gasteiger partial charge on any atom is -0.456 e. The molecule has 1 aromatic heterocycles. The summed E-state index contributed by atoms with van der Waals surface area (Å²) < 4.78 is 33.1. The van der Waals surface area contributed by atoms with E-state index in [0.717, 1.165) is 49.1 Å². The van der Waals surface area contributed by atoms with Gasteiger partial charge in [0.15, 0.2) is 0 Å². The van der Waals surface area contributed by atoms with Gasteiger partial charge in [-0.25, -0.2) is 4.79 Å². The van der Waals surface area contributed by atoms with E-state index in [-0.39, 0.29) is 61.0 Å². The van der Waals surface area contributed by atoms with Crippen LogP contribution in [0.25, 0.3) is 10.9 Å². The molecule has 13 nitrogen and oxygen atoms in total. The number of amides is 1. The van der Waals surface area contributed by atoms with Crippen LogP contribution in [0.5, 0.6) is 0 Å². The number of hydrogen-bond acceptors (Lipinski definition) is 11. The minimum absolute atomic E-state index is 0.0631. The highest BCUT2D eigenvalue weighted by Gasteiger charge is 2.56. The van der Waals surface area contributed by atoms with Crippen LogP contribution in [0.1, 0.15) is 125 Å². The molecule has 68 heavy (non-hydrogen) atoms. The summed E-state index contributed by atoms with van der Waals surface area (Å²) in [7, 11) is 4.87. The van der Waals surface area contributed by atoms with E-state index in [1.807, 2.05) is 20.8 Å². The quantitative estimate of drug-likeness (QED) is 0.126. The summed E-state index contributed by atoms with van der Waals surface area (Å²) in [6.07, 6.45) is 13.2. The van der Waals surface area contributed by atoms with Gasteiger partial charge in [-0.3, -0.25) is 14.4 Å². The van der Waals surface area contributed by atoms with Crippen LogP contribution in [0, 0.1) is 29.6 Å². The molecule has 6 rings (SSSR count). The number of rotatable bonds is 11. The number of aryl methyl sites for hydroxylation is 1. The zero-order valence-electron chi connectivity index (χ0n) is 42.4. The lowest BCUT2D eigenvalue weighted by Crippen LogP contribution is -2.64. The largest absolute Gasteiger partial charge is 0.456 e. The highest BCUT2D eigenvalue weighted by Crippen LogP contribution is 2.40. The summed E-state index contributed by atoms with van der Waals surface area (Å²) >= 11 is 0. The van der Waals surface area contributed by atoms with Crippen LogP contribution in [-0.4, -0.2) is 114 Å². The fourth-order valence-corrected chi connectivity index (χ4v) is 11.6. The number of nitrogens with one attached hydrogen (secondary N) is 1. The average molecular weight is 944 g/mol. The molecule has 0 spiro atoms. The van der Waals surface area contributed by atoms with Crippen LogP contribution in [0.3, 0.4) is 0 Å². The first kappa shape index (κ1) is 53.2. The molecule has 1 saturated carbocycles. The summed E-state index contributed by atoms with van der Waals surface area (Å²) in [4.78, 5) is 58.8. The van der Waals surface area contributed by atoms with E-state index in [2.05, 4.69) is 72.9 Å². The molecule has 2 N–H and O–H groups in total. The normalized spacial score (nSPS) is 34.4. The number of cyclic esters (lactones) is 1. The second kappa shape index (κ2) is 24.1. The molecule has 13 atom stereocenters. The number of methoxy groups -OCH3 is 3. The highest BCUT2D eigenvalue weighted by molar-refractivity contribution is 6.39. The number of carbonyl (C=O) groups excluding carboxylic acids is 4. The van der Waals surface area contributed by atoms with Crippen molar-refractivity contribution in [2.45, 2.75) is 180 Å². The molecule has 4 heterocycles. The third-order valence-corrected chi connectivity index (χ3v) is 15.4. The summed E-state index contributed by atoms with van der Waals surface area (Å²) in [5.74, 6) is -6.32. The lowest BCUT2D eigenvalue weighted by atomic mass is 9.81. The second-order valence-electron chi connectivity index (χ2n) is 20.6. The number of allylic oxidation sites excluding steroid dienone is 4. The first-order valence-corrected chi connectivity index (χ1v) is 25.4. The number of ketones is 2. The molecule has 0 radical (unpaired) electrons. The third kappa shape index (κ3) is 12.4. The number of anilines is 1. The SMILES string of the molecule is C=CCC1C=C(C)CC(C)CC(OC)C2OC(O)(C(=O)C(=O)N3CCCCC3C(=O)OC(C(C)=CC3CCC(Nc4ccc5c(ccn5CCC)c4)C(OC)C3)C(C)CCC1=O)C(C)CC2OC. The summed E-state index contributed by atoms with van der Waals surface area (Å²) in [5, 5.41) is 17.1. The van der Waals surface area contributed by atoms with E-state index in [0.29, 0.717) is 44.9 Å². The fourth-order valence-electron chi connectivity index (χ4n) is 11.6. The fraction of sp³-hybridized carbons (Fsp3) is 0.673. The Hall–Kier alpha value is -4.14. The number of carbonyl (C=O) groups is 4. The van der Waals surface area contributed by atoms with Crippen molar-refractivity contribution in [3.63, 3.8) is 0 Å². The monoisotopic (exact) mass is 944 g/mol. The van der Waals surface area contributed by atoms with Gasteiger partial charge in [-0.2, -0.15) is 0 Å². The Morgan fingerprint density at radius 1 is 0.956 bits per heavy atom. The standard InChI is InChI=1S/C55H81N3O10/c1-11-15-41-28-34(3)27-35(4)29-48(65-9)51-49(66-10)31-38(7)55(63,68-51)52(60)53(61)58-25-14-13-16-45(58)54(62)67-50(36(5)17-22-46(41)59)37(6)30-39-18-20-43(47(32-39)64-8)56-42-19-21-44-40(33-42)23-26-57(44)24-12-2/h11,19,21,23,26,28,30,33,35-36,38-39,41,43,45,47-51,56,63H,1,12-18,20,22,24-25,27,29,31-32H2,2-10H3. The van der Waals surface area contributed by atoms with Gasteiger partial charge in [-0.1, -0.05) is 51.5 Å². The average Bonchev–Trinajstić information content (AvgIpc) is 3.73. The van der Waals surface area contributed by atoms with Gasteiger partial charge in [0.05, 0.1) is 24.4 Å². The Labute approximate surface area is 405 Å². The van der Waals surface area contributed by atoms with E-state index < -0.39 is 59.8 Å². The summed E-state index contributed by atoms with van der Waals surface area (Å²) in [6.45, 7) is 17.1. The van der Waals surface area contributed by atoms with Gasteiger partial charge < -0.3 is 43.6 Å². The Bertz CT molecular complexity index is 2130. The zero-order chi connectivity index (χ0) is 49.3. The van der Waals surface area contributed by atoms with Crippen molar-refractivity contribution in [2.24, 2.45) is 29.6 Å². The van der Waals surface area contributed by atoms with Crippen molar-refractivity contribution in [3.8, 4) is 0 Å². The molecule has 13 heteroatoms. The predicted molar refractivity (Wildman–Crippen MR) is 265 cm³/mol. The number of ether oxygens (including phenoxy) is 5. The Morgan fingerprint density at radius 3 is 2.40 bits per heavy atom. The minimum atomic E-state index is -2.48. The predicted octanol–water partition coefficient (Wildman–Crippen LogP) is 9.15. The van der Waals surface area contributed by atoms with Gasteiger partial charge in [-0.15, -0.1) is 6.58 Å². The molecule has 3 aliphatic heterocycles. The van der Waals surface area contributed by atoms with Crippen LogP contribution in [0.15, 0.2) is 66.4 Å². The van der Waals surface area contributed by atoms with Crippen LogP contribution in [-0.2, 0) is 49.4 Å². The number of Topliss-reactive ketones (excluding diaryl/α,β-unsaturated/α-hetero) is 2. The van der Waals surface area contributed by atoms with Crippen molar-refractivity contribution >= 4 is 40.0 Å². The van der Waals surface area contributed by atoms with E-state index >= 15 is 0 Å². The number of nitrogens with zero attached hydrogens (tertiary/aromatic N) is 2. The van der Waals surface area contributed by atoms with Crippen LogP contribution in [0.4, 0.5) is 5.69 Å². The molecule has 13 unspecified atom stereocenters. The Balaban J connectivity index is 1.28. The van der Waals surface area contributed by atoms with Gasteiger partial charge in [-0.05, 0) is 138 Å². The van der Waals surface area contributed by atoms with Gasteiger partial charge in [0.2, 0.25) is 5.79 Å². The molecule has 376 valence electrons. The second-order valence-corrected chi connectivity index (χ2v) is 20.6. The molecule has 3 fully saturated rings. The van der Waals surface area contributed by atoms with Gasteiger partial charge >= 0.3 is 5.97 Å². The molecule has 1 amide bonds. The maximum absolute atomic E-state index is 14.6. The number of esters is 1. The number of benzene rings is 1. The number of aromatic nitrogens is 1. The van der Waals surface area contributed by atoms with E-state index in [1.54, 1.807) is 34.3 Å². The maximum atomic E-state index is 14.6. The number of piperidine rings is 1. The highest BCUT2D eigenvalue weighted by atomic mass is 16.7. The molecule has 2 bridgehead atoms. The topological polar surface area (TPSA) is 155 Å². The Kier molecular flexibility index (Phi) is 18.9. The van der Waals surface area contributed by atoms with Crippen LogP contribution >= 0.6 is 0 Å². The van der Waals surface area contributed by atoms with Gasteiger partial charge in [0.25, 0.3) is 11.7 Å². The number of fused-ring (bicyclic) bond motifs is 4. The van der Waals surface area contributed by atoms with Crippen molar-refractivity contribution in [2.75, 3.05) is 33.2 Å². The van der Waals surface area contributed by atoms with Crippen molar-refractivity contribution in [3.05, 3.63) is 66.4 Å². The van der Waals surface area contributed by atoms with E-state index in [4.69, 9.17) is 23.7 Å².